The molecule has 0 radical (unpaired) electrons. The molecule has 2 atom stereocenters. The summed E-state index contributed by atoms with van der Waals surface area (Å²) in [5, 5.41) is 0. The van der Waals surface area contributed by atoms with Gasteiger partial charge >= 0.3 is 0 Å². The van der Waals surface area contributed by atoms with Crippen LogP contribution in [0.1, 0.15) is 25.7 Å². The van der Waals surface area contributed by atoms with Crippen molar-refractivity contribution < 1.29 is 4.79 Å². The molecule has 3 aliphatic rings. The van der Waals surface area contributed by atoms with Gasteiger partial charge in [0.2, 0.25) is 0 Å². The van der Waals surface area contributed by atoms with Gasteiger partial charge in [-0.1, -0.05) is 6.42 Å². The Morgan fingerprint density at radius 3 is 2.32 bits per heavy atom. The second-order valence-corrected chi connectivity index (χ2v) is 7.34. The van der Waals surface area contributed by atoms with Gasteiger partial charge in [0.05, 0.1) is 6.04 Å². The minimum atomic E-state index is 0.103. The molecule has 0 N–H and O–H groups in total. The summed E-state index contributed by atoms with van der Waals surface area (Å²) in [4.78, 5) is 21.5. The topological polar surface area (TPSA) is 30.0 Å². The van der Waals surface area contributed by atoms with E-state index in [1.54, 1.807) is 0 Å². The lowest BCUT2D eigenvalue weighted by Crippen LogP contribution is -2.56. The first-order valence-electron chi connectivity index (χ1n) is 9.10. The van der Waals surface area contributed by atoms with Gasteiger partial charge in [0.25, 0.3) is 0 Å². The third kappa shape index (κ3) is 4.07. The highest BCUT2D eigenvalue weighted by Crippen LogP contribution is 2.17. The fraction of sp³-hybridized carbons (Fsp3) is 0.941. The highest BCUT2D eigenvalue weighted by Gasteiger charge is 2.31. The largest absolute Gasteiger partial charge is 0.305 e. The summed E-state index contributed by atoms with van der Waals surface area (Å²) < 4.78 is 0. The molecule has 0 aliphatic carbocycles. The van der Waals surface area contributed by atoms with E-state index in [2.05, 4.69) is 26.6 Å². The van der Waals surface area contributed by atoms with Crippen molar-refractivity contribution in [3.05, 3.63) is 0 Å². The summed E-state index contributed by atoms with van der Waals surface area (Å²) in [6, 6.07) is 0.843. The summed E-state index contributed by atoms with van der Waals surface area (Å²) in [7, 11) is 2.22. The maximum Gasteiger partial charge on any atom is 0.138 e. The van der Waals surface area contributed by atoms with Crippen molar-refractivity contribution in [2.45, 2.75) is 37.8 Å². The maximum absolute atomic E-state index is 11.6. The van der Waals surface area contributed by atoms with Crippen molar-refractivity contribution in [3.63, 3.8) is 0 Å². The Morgan fingerprint density at radius 2 is 1.73 bits per heavy atom. The fourth-order valence-electron chi connectivity index (χ4n) is 4.30. The molecule has 3 fully saturated rings. The van der Waals surface area contributed by atoms with Crippen molar-refractivity contribution in [1.29, 1.82) is 0 Å². The third-order valence-corrected chi connectivity index (χ3v) is 5.75. The van der Waals surface area contributed by atoms with Crippen LogP contribution in [-0.4, -0.2) is 104 Å². The summed E-state index contributed by atoms with van der Waals surface area (Å²) in [5.41, 5.74) is 0. The van der Waals surface area contributed by atoms with E-state index in [1.165, 1.54) is 58.1 Å². The van der Waals surface area contributed by atoms with E-state index in [0.717, 1.165) is 38.8 Å². The average molecular weight is 308 g/mol. The van der Waals surface area contributed by atoms with Crippen molar-refractivity contribution >= 4 is 6.29 Å². The van der Waals surface area contributed by atoms with Gasteiger partial charge in [0.15, 0.2) is 0 Å². The molecule has 126 valence electrons. The number of hydrogen-bond donors (Lipinski definition) is 0. The molecule has 3 heterocycles. The minimum absolute atomic E-state index is 0.103. The van der Waals surface area contributed by atoms with Crippen LogP contribution in [-0.2, 0) is 4.79 Å². The van der Waals surface area contributed by atoms with E-state index in [1.807, 2.05) is 0 Å². The Bertz CT molecular complexity index is 351. The molecule has 0 aromatic carbocycles. The van der Waals surface area contributed by atoms with E-state index in [-0.39, 0.29) is 6.04 Å². The molecule has 0 aromatic heterocycles. The number of piperazine rings is 1. The predicted octanol–water partition coefficient (Wildman–Crippen LogP) is 0.362. The van der Waals surface area contributed by atoms with Gasteiger partial charge in [0.1, 0.15) is 6.29 Å². The van der Waals surface area contributed by atoms with Crippen LogP contribution in [0.5, 0.6) is 0 Å². The van der Waals surface area contributed by atoms with Crippen LogP contribution in [0.3, 0.4) is 0 Å². The van der Waals surface area contributed by atoms with Crippen LogP contribution < -0.4 is 0 Å². The van der Waals surface area contributed by atoms with Gasteiger partial charge in [-0.2, -0.15) is 0 Å². The van der Waals surface area contributed by atoms with Gasteiger partial charge < -0.3 is 14.6 Å². The summed E-state index contributed by atoms with van der Waals surface area (Å²) in [6.45, 7) is 10.1. The average Bonchev–Trinajstić information content (AvgIpc) is 3.00. The molecule has 3 rings (SSSR count). The number of piperidine rings is 1. The van der Waals surface area contributed by atoms with E-state index < -0.39 is 0 Å². The lowest BCUT2D eigenvalue weighted by atomic mass is 10.1. The standard InChI is InChI=1S/C17H32N4O/c1-18-8-5-16(13-18)20-9-11-21(12-10-20)17(15-22)14-19-6-3-2-4-7-19/h15-17H,2-14H2,1H3. The molecule has 5 heteroatoms. The lowest BCUT2D eigenvalue weighted by Gasteiger charge is -2.41. The lowest BCUT2D eigenvalue weighted by molar-refractivity contribution is -0.114. The predicted molar refractivity (Wildman–Crippen MR) is 89.2 cm³/mol. The zero-order chi connectivity index (χ0) is 15.4. The molecule has 5 nitrogen and oxygen atoms in total. The van der Waals surface area contributed by atoms with Crippen molar-refractivity contribution in [1.82, 2.24) is 19.6 Å². The van der Waals surface area contributed by atoms with Crippen molar-refractivity contribution in [3.8, 4) is 0 Å². The number of likely N-dealkylation sites (tertiary alicyclic amines) is 2. The van der Waals surface area contributed by atoms with Crippen molar-refractivity contribution in [2.75, 3.05) is 66.0 Å². The minimum Gasteiger partial charge on any atom is -0.305 e. The van der Waals surface area contributed by atoms with E-state index in [0.29, 0.717) is 0 Å². The number of hydrogen-bond acceptors (Lipinski definition) is 5. The zero-order valence-electron chi connectivity index (χ0n) is 14.1. The van der Waals surface area contributed by atoms with E-state index in [4.69, 9.17) is 0 Å². The Morgan fingerprint density at radius 1 is 1.00 bits per heavy atom. The number of nitrogens with zero attached hydrogens (tertiary/aromatic N) is 4. The first-order valence-corrected chi connectivity index (χ1v) is 9.10. The maximum atomic E-state index is 11.6. The highest BCUT2D eigenvalue weighted by atomic mass is 16.1. The van der Waals surface area contributed by atoms with Crippen LogP contribution in [0.2, 0.25) is 0 Å². The van der Waals surface area contributed by atoms with Gasteiger partial charge in [-0.3, -0.25) is 9.80 Å². The monoisotopic (exact) mass is 308 g/mol. The molecular weight excluding hydrogens is 276 g/mol. The van der Waals surface area contributed by atoms with Crippen LogP contribution in [0.25, 0.3) is 0 Å². The second kappa shape index (κ2) is 7.86. The second-order valence-electron chi connectivity index (χ2n) is 7.34. The molecular formula is C17H32N4O. The molecule has 0 aromatic rings. The molecule has 0 bridgehead atoms. The molecule has 2 unspecified atom stereocenters. The molecule has 0 amide bonds. The highest BCUT2D eigenvalue weighted by molar-refractivity contribution is 5.58. The number of rotatable bonds is 5. The Balaban J connectivity index is 1.45. The van der Waals surface area contributed by atoms with E-state index in [9.17, 15) is 4.79 Å². The van der Waals surface area contributed by atoms with Gasteiger partial charge in [0, 0.05) is 45.3 Å². The van der Waals surface area contributed by atoms with Gasteiger partial charge in [-0.25, -0.2) is 0 Å². The summed E-state index contributed by atoms with van der Waals surface area (Å²) in [6.07, 6.45) is 6.45. The first-order chi connectivity index (χ1) is 10.8. The van der Waals surface area contributed by atoms with E-state index >= 15 is 0 Å². The summed E-state index contributed by atoms with van der Waals surface area (Å²) in [5.74, 6) is 0. The molecule has 3 aliphatic heterocycles. The Labute approximate surface area is 135 Å². The quantitative estimate of drug-likeness (QED) is 0.685. The zero-order valence-corrected chi connectivity index (χ0v) is 14.1. The van der Waals surface area contributed by atoms with Crippen LogP contribution in [0, 0.1) is 0 Å². The molecule has 22 heavy (non-hydrogen) atoms. The van der Waals surface area contributed by atoms with Crippen LogP contribution in [0.15, 0.2) is 0 Å². The Hall–Kier alpha value is -0.490. The summed E-state index contributed by atoms with van der Waals surface area (Å²) >= 11 is 0. The molecule has 0 spiro atoms. The fourth-order valence-corrected chi connectivity index (χ4v) is 4.30. The number of carbonyl (C=O) groups is 1. The molecule has 0 saturated carbocycles. The number of likely N-dealkylation sites (N-methyl/N-ethyl adjacent to an activating group) is 1. The number of aldehydes is 1. The first kappa shape index (κ1) is 16.4. The SMILES string of the molecule is CN1CCC(N2CCN(C(C=O)CN3CCCCC3)CC2)C1. The smallest absolute Gasteiger partial charge is 0.138 e. The Kier molecular flexibility index (Phi) is 5.85. The van der Waals surface area contributed by atoms with Gasteiger partial charge in [-0.15, -0.1) is 0 Å². The third-order valence-electron chi connectivity index (χ3n) is 5.75. The van der Waals surface area contributed by atoms with Crippen LogP contribution >= 0.6 is 0 Å². The van der Waals surface area contributed by atoms with Crippen molar-refractivity contribution in [2.24, 2.45) is 0 Å². The normalized spacial score (nSPS) is 31.4. The van der Waals surface area contributed by atoms with Crippen LogP contribution in [0.4, 0.5) is 0 Å². The van der Waals surface area contributed by atoms with Gasteiger partial charge in [-0.05, 0) is 45.9 Å². The molecule has 3 saturated heterocycles. The number of carbonyl (C=O) groups excluding carboxylic acids is 1.